The molecule has 1 unspecified atom stereocenters. The smallest absolute Gasteiger partial charge is 0.265 e. The molecule has 2 heterocycles. The zero-order valence-electron chi connectivity index (χ0n) is 17.5. The second-order valence-corrected chi connectivity index (χ2v) is 8.21. The van der Waals surface area contributed by atoms with E-state index in [1.807, 2.05) is 56.3 Å². The normalized spacial score (nSPS) is 17.1. The summed E-state index contributed by atoms with van der Waals surface area (Å²) in [6.45, 7) is 10.4. The highest BCUT2D eigenvalue weighted by molar-refractivity contribution is 5.78. The first-order valence-corrected chi connectivity index (χ1v) is 10.5. The molecule has 1 atom stereocenters. The van der Waals surface area contributed by atoms with Crippen molar-refractivity contribution in [1.29, 1.82) is 0 Å². The lowest BCUT2D eigenvalue weighted by atomic mass is 10.1. The number of ether oxygens (including phenoxy) is 1. The summed E-state index contributed by atoms with van der Waals surface area (Å²) in [4.78, 5) is 20.2. The minimum atomic E-state index is -0.0373. The van der Waals surface area contributed by atoms with Gasteiger partial charge >= 0.3 is 0 Å². The van der Waals surface area contributed by atoms with E-state index in [1.165, 1.54) is 19.5 Å². The summed E-state index contributed by atoms with van der Waals surface area (Å²) in [5, 5.41) is 0.646. The van der Waals surface area contributed by atoms with Crippen molar-refractivity contribution in [2.24, 2.45) is 5.92 Å². The fourth-order valence-electron chi connectivity index (χ4n) is 4.11. The second-order valence-electron chi connectivity index (χ2n) is 8.21. The Hall–Kier alpha value is -2.66. The Morgan fingerprint density at radius 1 is 1.14 bits per heavy atom. The van der Waals surface area contributed by atoms with Gasteiger partial charge in [-0.3, -0.25) is 9.36 Å². The van der Waals surface area contributed by atoms with Crippen LogP contribution in [-0.2, 0) is 0 Å². The van der Waals surface area contributed by atoms with Crippen molar-refractivity contribution in [3.05, 3.63) is 64.2 Å². The third kappa shape index (κ3) is 4.35. The van der Waals surface area contributed by atoms with E-state index in [1.54, 1.807) is 4.57 Å². The number of likely N-dealkylation sites (tertiary alicyclic amines) is 1. The van der Waals surface area contributed by atoms with Crippen LogP contribution >= 0.6 is 0 Å². The molecule has 3 aromatic rings. The Morgan fingerprint density at radius 3 is 2.66 bits per heavy atom. The number of benzene rings is 2. The lowest BCUT2D eigenvalue weighted by Crippen LogP contribution is -2.23. The molecule has 29 heavy (non-hydrogen) atoms. The van der Waals surface area contributed by atoms with E-state index in [-0.39, 0.29) is 5.56 Å². The molecule has 0 amide bonds. The largest absolute Gasteiger partial charge is 0.494 e. The van der Waals surface area contributed by atoms with Gasteiger partial charge in [0.2, 0.25) is 0 Å². The maximum atomic E-state index is 13.0. The summed E-state index contributed by atoms with van der Waals surface area (Å²) < 4.78 is 7.57. The lowest BCUT2D eigenvalue weighted by Gasteiger charge is -2.15. The molecular formula is C24H29N3O2. The molecule has 2 aromatic carbocycles. The number of fused-ring (bicyclic) bond motifs is 1. The Kier molecular flexibility index (Phi) is 5.67. The summed E-state index contributed by atoms with van der Waals surface area (Å²) in [7, 11) is 0. The lowest BCUT2D eigenvalue weighted by molar-refractivity contribution is 0.259. The number of hydrogen-bond donors (Lipinski definition) is 0. The maximum absolute atomic E-state index is 13.0. The molecule has 1 aliphatic heterocycles. The number of aryl methyl sites for hydroxylation is 2. The first-order chi connectivity index (χ1) is 14.0. The van der Waals surface area contributed by atoms with Gasteiger partial charge in [-0.15, -0.1) is 0 Å². The van der Waals surface area contributed by atoms with E-state index in [0.717, 1.165) is 41.4 Å². The predicted octanol–water partition coefficient (Wildman–Crippen LogP) is 4.11. The maximum Gasteiger partial charge on any atom is 0.265 e. The molecule has 0 bridgehead atoms. The third-order valence-corrected chi connectivity index (χ3v) is 5.68. The SMILES string of the molecule is Cc1ccc2nc(C)n(-c3ccc(OCCCN4CCC(C)C4)cc3)c(=O)c2c1. The summed E-state index contributed by atoms with van der Waals surface area (Å²) >= 11 is 0. The highest BCUT2D eigenvalue weighted by Crippen LogP contribution is 2.18. The van der Waals surface area contributed by atoms with Crippen LogP contribution in [0.1, 0.15) is 31.2 Å². The summed E-state index contributed by atoms with van der Waals surface area (Å²) in [6, 6.07) is 13.5. The van der Waals surface area contributed by atoms with Crippen molar-refractivity contribution in [3.63, 3.8) is 0 Å². The topological polar surface area (TPSA) is 47.4 Å². The number of nitrogens with zero attached hydrogens (tertiary/aromatic N) is 3. The number of rotatable bonds is 6. The molecule has 0 aliphatic carbocycles. The van der Waals surface area contributed by atoms with Crippen LogP contribution in [0, 0.1) is 19.8 Å². The van der Waals surface area contributed by atoms with Gasteiger partial charge in [-0.2, -0.15) is 0 Å². The molecule has 1 fully saturated rings. The quantitative estimate of drug-likeness (QED) is 0.593. The highest BCUT2D eigenvalue weighted by atomic mass is 16.5. The molecular weight excluding hydrogens is 362 g/mol. The Bertz CT molecular complexity index is 1060. The van der Waals surface area contributed by atoms with Crippen LogP contribution in [0.15, 0.2) is 47.3 Å². The molecule has 1 saturated heterocycles. The van der Waals surface area contributed by atoms with Crippen LogP contribution in [-0.4, -0.2) is 40.7 Å². The van der Waals surface area contributed by atoms with E-state index in [2.05, 4.69) is 16.8 Å². The van der Waals surface area contributed by atoms with Gasteiger partial charge < -0.3 is 9.64 Å². The number of hydrogen-bond acceptors (Lipinski definition) is 4. The average molecular weight is 392 g/mol. The van der Waals surface area contributed by atoms with Gasteiger partial charge in [-0.1, -0.05) is 18.6 Å². The summed E-state index contributed by atoms with van der Waals surface area (Å²) in [5.41, 5.74) is 2.56. The highest BCUT2D eigenvalue weighted by Gasteiger charge is 2.17. The van der Waals surface area contributed by atoms with Crippen LogP contribution in [0.5, 0.6) is 5.75 Å². The first kappa shape index (κ1) is 19.6. The molecule has 0 radical (unpaired) electrons. The van der Waals surface area contributed by atoms with Gasteiger partial charge in [0.1, 0.15) is 11.6 Å². The van der Waals surface area contributed by atoms with Crippen LogP contribution in [0.2, 0.25) is 0 Å². The molecule has 5 nitrogen and oxygen atoms in total. The van der Waals surface area contributed by atoms with Gasteiger partial charge in [0, 0.05) is 13.1 Å². The van der Waals surface area contributed by atoms with E-state index in [0.29, 0.717) is 17.8 Å². The van der Waals surface area contributed by atoms with Crippen LogP contribution in [0.4, 0.5) is 0 Å². The zero-order valence-corrected chi connectivity index (χ0v) is 17.5. The van der Waals surface area contributed by atoms with E-state index < -0.39 is 0 Å². The van der Waals surface area contributed by atoms with Gasteiger partial charge in [-0.25, -0.2) is 4.98 Å². The van der Waals surface area contributed by atoms with Gasteiger partial charge in [0.05, 0.1) is 23.2 Å². The fraction of sp³-hybridized carbons (Fsp3) is 0.417. The van der Waals surface area contributed by atoms with Crippen LogP contribution in [0.3, 0.4) is 0 Å². The molecule has 0 spiro atoms. The van der Waals surface area contributed by atoms with E-state index in [9.17, 15) is 4.79 Å². The second kappa shape index (κ2) is 8.37. The molecule has 5 heteroatoms. The van der Waals surface area contributed by atoms with Crippen LogP contribution in [0.25, 0.3) is 16.6 Å². The van der Waals surface area contributed by atoms with Gasteiger partial charge in [0.15, 0.2) is 0 Å². The minimum absolute atomic E-state index is 0.0373. The first-order valence-electron chi connectivity index (χ1n) is 10.5. The monoisotopic (exact) mass is 391 g/mol. The standard InChI is InChI=1S/C24H29N3O2/c1-17-5-10-23-22(15-17)24(28)27(19(3)25-23)20-6-8-21(9-7-20)29-14-4-12-26-13-11-18(2)16-26/h5-10,15,18H,4,11-14,16H2,1-3H3. The van der Waals surface area contributed by atoms with Crippen molar-refractivity contribution in [2.75, 3.05) is 26.2 Å². The van der Waals surface area contributed by atoms with E-state index in [4.69, 9.17) is 4.74 Å². The average Bonchev–Trinajstić information content (AvgIpc) is 3.12. The Balaban J connectivity index is 1.44. The van der Waals surface area contributed by atoms with Crippen molar-refractivity contribution >= 4 is 10.9 Å². The van der Waals surface area contributed by atoms with Crippen molar-refractivity contribution < 1.29 is 4.74 Å². The molecule has 4 rings (SSSR count). The Morgan fingerprint density at radius 2 is 1.93 bits per heavy atom. The van der Waals surface area contributed by atoms with E-state index >= 15 is 0 Å². The molecule has 152 valence electrons. The summed E-state index contributed by atoms with van der Waals surface area (Å²) in [6.07, 6.45) is 2.34. The third-order valence-electron chi connectivity index (χ3n) is 5.68. The molecule has 0 N–H and O–H groups in total. The van der Waals surface area contributed by atoms with Crippen LogP contribution < -0.4 is 10.3 Å². The van der Waals surface area contributed by atoms with Crippen molar-refractivity contribution in [3.8, 4) is 11.4 Å². The molecule has 1 aliphatic rings. The Labute approximate surface area is 171 Å². The fourth-order valence-corrected chi connectivity index (χ4v) is 4.11. The molecule has 0 saturated carbocycles. The zero-order chi connectivity index (χ0) is 20.4. The number of aromatic nitrogens is 2. The van der Waals surface area contributed by atoms with Crippen molar-refractivity contribution in [1.82, 2.24) is 14.5 Å². The minimum Gasteiger partial charge on any atom is -0.494 e. The van der Waals surface area contributed by atoms with Gasteiger partial charge in [-0.05, 0) is 75.5 Å². The molecule has 1 aromatic heterocycles. The predicted molar refractivity (Wildman–Crippen MR) is 117 cm³/mol. The van der Waals surface area contributed by atoms with Gasteiger partial charge in [0.25, 0.3) is 5.56 Å². The van der Waals surface area contributed by atoms with Crippen molar-refractivity contribution in [2.45, 2.75) is 33.6 Å². The summed E-state index contributed by atoms with van der Waals surface area (Å²) in [5.74, 6) is 2.34.